The second-order valence-electron chi connectivity index (χ2n) is 5.01. The van der Waals surface area contributed by atoms with Crippen molar-refractivity contribution >= 4 is 23.4 Å². The van der Waals surface area contributed by atoms with E-state index in [0.717, 1.165) is 16.1 Å². The first kappa shape index (κ1) is 13.1. The summed E-state index contributed by atoms with van der Waals surface area (Å²) in [5, 5.41) is 9.41. The summed E-state index contributed by atoms with van der Waals surface area (Å²) < 4.78 is -0.670. The number of anilines is 1. The Hall–Kier alpha value is -1.94. The number of nitrogens with zero attached hydrogens (tertiary/aromatic N) is 1. The Morgan fingerprint density at radius 2 is 1.75 bits per heavy atom. The molecule has 2 aromatic carbocycles. The first-order valence-corrected chi connectivity index (χ1v) is 7.20. The number of hydrogen-bond acceptors (Lipinski definition) is 3. The number of rotatable bonds is 1. The molecule has 102 valence electrons. The minimum absolute atomic E-state index is 0.0480. The topological polar surface area (TPSA) is 40.5 Å². The summed E-state index contributed by atoms with van der Waals surface area (Å²) in [4.78, 5) is 15.5. The van der Waals surface area contributed by atoms with Crippen LogP contribution < -0.4 is 4.90 Å². The fraction of sp³-hybridized carbons (Fsp3) is 0.188. The Morgan fingerprint density at radius 3 is 2.45 bits per heavy atom. The quantitative estimate of drug-likeness (QED) is 0.873. The van der Waals surface area contributed by atoms with Gasteiger partial charge in [-0.15, -0.1) is 11.8 Å². The molecule has 1 atom stereocenters. The van der Waals surface area contributed by atoms with Gasteiger partial charge >= 0.3 is 0 Å². The highest BCUT2D eigenvalue weighted by Gasteiger charge is 2.43. The zero-order valence-electron chi connectivity index (χ0n) is 11.3. The van der Waals surface area contributed by atoms with E-state index < -0.39 is 4.75 Å². The van der Waals surface area contributed by atoms with E-state index in [0.29, 0.717) is 0 Å². The van der Waals surface area contributed by atoms with Crippen LogP contribution in [0.15, 0.2) is 53.4 Å². The minimum atomic E-state index is -0.670. The molecule has 0 fully saturated rings. The number of carbonyl (C=O) groups is 1. The number of phenolic OH excluding ortho intramolecular Hbond substituents is 1. The fourth-order valence-corrected chi connectivity index (χ4v) is 3.85. The zero-order chi connectivity index (χ0) is 14.3. The molecule has 1 aliphatic rings. The normalized spacial score (nSPS) is 21.7. The SMILES string of the molecule is CN1C(=O)C(C)(c2ccc(O)cc2)Sc2ccccc21. The molecule has 0 aliphatic carbocycles. The summed E-state index contributed by atoms with van der Waals surface area (Å²) in [7, 11) is 1.81. The number of hydrogen-bond donors (Lipinski definition) is 1. The van der Waals surface area contributed by atoms with E-state index >= 15 is 0 Å². The van der Waals surface area contributed by atoms with E-state index in [9.17, 15) is 9.90 Å². The van der Waals surface area contributed by atoms with Gasteiger partial charge in [0, 0.05) is 11.9 Å². The van der Waals surface area contributed by atoms with Gasteiger partial charge in [0.1, 0.15) is 10.5 Å². The Morgan fingerprint density at radius 1 is 1.10 bits per heavy atom. The van der Waals surface area contributed by atoms with Crippen molar-refractivity contribution in [3.8, 4) is 5.75 Å². The maximum atomic E-state index is 12.7. The van der Waals surface area contributed by atoms with Gasteiger partial charge in [0.25, 0.3) is 0 Å². The molecule has 2 aromatic rings. The number of fused-ring (bicyclic) bond motifs is 1. The molecular weight excluding hydrogens is 270 g/mol. The van der Waals surface area contributed by atoms with Gasteiger partial charge in [-0.05, 0) is 36.8 Å². The molecule has 3 rings (SSSR count). The molecule has 1 unspecified atom stereocenters. The highest BCUT2D eigenvalue weighted by atomic mass is 32.2. The average molecular weight is 285 g/mol. The van der Waals surface area contributed by atoms with Crippen LogP contribution in [0.4, 0.5) is 5.69 Å². The van der Waals surface area contributed by atoms with Crippen LogP contribution >= 0.6 is 11.8 Å². The van der Waals surface area contributed by atoms with Crippen molar-refractivity contribution in [2.75, 3.05) is 11.9 Å². The largest absolute Gasteiger partial charge is 0.508 e. The van der Waals surface area contributed by atoms with Crippen molar-refractivity contribution in [1.29, 1.82) is 0 Å². The van der Waals surface area contributed by atoms with Gasteiger partial charge in [0.15, 0.2) is 0 Å². The molecule has 0 saturated heterocycles. The third-order valence-electron chi connectivity index (χ3n) is 3.67. The van der Waals surface area contributed by atoms with Crippen molar-refractivity contribution in [1.82, 2.24) is 0 Å². The van der Waals surface area contributed by atoms with Crippen molar-refractivity contribution in [3.05, 3.63) is 54.1 Å². The summed E-state index contributed by atoms with van der Waals surface area (Å²) in [6, 6.07) is 14.8. The molecule has 1 aliphatic heterocycles. The molecule has 0 bridgehead atoms. The molecule has 0 aromatic heterocycles. The van der Waals surface area contributed by atoms with Crippen LogP contribution in [-0.2, 0) is 9.54 Å². The second-order valence-corrected chi connectivity index (χ2v) is 6.47. The van der Waals surface area contributed by atoms with Gasteiger partial charge in [-0.1, -0.05) is 24.3 Å². The smallest absolute Gasteiger partial charge is 0.247 e. The number of thioether (sulfide) groups is 1. The highest BCUT2D eigenvalue weighted by Crippen LogP contribution is 2.50. The number of likely N-dealkylation sites (N-methyl/N-ethyl adjacent to an activating group) is 1. The lowest BCUT2D eigenvalue weighted by molar-refractivity contribution is -0.120. The van der Waals surface area contributed by atoms with E-state index in [4.69, 9.17) is 0 Å². The number of phenols is 1. The number of para-hydroxylation sites is 1. The second kappa shape index (κ2) is 4.56. The van der Waals surface area contributed by atoms with Gasteiger partial charge in [-0.3, -0.25) is 4.79 Å². The predicted octanol–water partition coefficient (Wildman–Crippen LogP) is 3.38. The zero-order valence-corrected chi connectivity index (χ0v) is 12.1. The number of carbonyl (C=O) groups excluding carboxylic acids is 1. The van der Waals surface area contributed by atoms with Crippen LogP contribution in [0.25, 0.3) is 0 Å². The molecule has 4 heteroatoms. The van der Waals surface area contributed by atoms with E-state index in [2.05, 4.69) is 0 Å². The Labute approximate surface area is 122 Å². The molecule has 20 heavy (non-hydrogen) atoms. The van der Waals surface area contributed by atoms with E-state index in [-0.39, 0.29) is 11.7 Å². The van der Waals surface area contributed by atoms with Crippen LogP contribution in [0, 0.1) is 0 Å². The van der Waals surface area contributed by atoms with Crippen LogP contribution in [-0.4, -0.2) is 18.1 Å². The van der Waals surface area contributed by atoms with Crippen LogP contribution in [0.5, 0.6) is 5.75 Å². The fourth-order valence-electron chi connectivity index (χ4n) is 2.48. The summed E-state index contributed by atoms with van der Waals surface area (Å²) in [6.07, 6.45) is 0. The van der Waals surface area contributed by atoms with Gasteiger partial charge in [-0.25, -0.2) is 0 Å². The lowest BCUT2D eigenvalue weighted by atomic mass is 9.98. The van der Waals surface area contributed by atoms with E-state index in [1.807, 2.05) is 43.3 Å². The van der Waals surface area contributed by atoms with Crippen LogP contribution in [0.1, 0.15) is 12.5 Å². The molecular formula is C16H15NO2S. The molecule has 0 saturated carbocycles. The first-order chi connectivity index (χ1) is 9.52. The third-order valence-corrected chi connectivity index (χ3v) is 5.06. The summed E-state index contributed by atoms with van der Waals surface area (Å²) in [5.74, 6) is 0.256. The van der Waals surface area contributed by atoms with E-state index in [1.165, 1.54) is 0 Å². The minimum Gasteiger partial charge on any atom is -0.508 e. The first-order valence-electron chi connectivity index (χ1n) is 6.38. The molecule has 1 N–H and O–H groups in total. The average Bonchev–Trinajstić information content (AvgIpc) is 2.46. The summed E-state index contributed by atoms with van der Waals surface area (Å²) in [6.45, 7) is 1.93. The molecule has 1 amide bonds. The van der Waals surface area contributed by atoms with Crippen molar-refractivity contribution in [3.63, 3.8) is 0 Å². The molecule has 0 radical (unpaired) electrons. The van der Waals surface area contributed by atoms with Crippen LogP contribution in [0.3, 0.4) is 0 Å². The maximum Gasteiger partial charge on any atom is 0.247 e. The number of amides is 1. The van der Waals surface area contributed by atoms with Crippen molar-refractivity contribution in [2.45, 2.75) is 16.6 Å². The molecule has 1 heterocycles. The lowest BCUT2D eigenvalue weighted by Gasteiger charge is -2.38. The van der Waals surface area contributed by atoms with Gasteiger partial charge in [0.2, 0.25) is 5.91 Å². The summed E-state index contributed by atoms with van der Waals surface area (Å²) in [5.41, 5.74) is 1.84. The van der Waals surface area contributed by atoms with Gasteiger partial charge < -0.3 is 10.0 Å². The Bertz CT molecular complexity index is 668. The molecule has 0 spiro atoms. The number of aromatic hydroxyl groups is 1. The lowest BCUT2D eigenvalue weighted by Crippen LogP contribution is -2.44. The van der Waals surface area contributed by atoms with Crippen molar-refractivity contribution < 1.29 is 9.90 Å². The molecule has 3 nitrogen and oxygen atoms in total. The van der Waals surface area contributed by atoms with E-state index in [1.54, 1.807) is 35.8 Å². The number of benzene rings is 2. The highest BCUT2D eigenvalue weighted by molar-refractivity contribution is 8.01. The van der Waals surface area contributed by atoms with Crippen LogP contribution in [0.2, 0.25) is 0 Å². The Kier molecular flexibility index (Phi) is 2.98. The van der Waals surface area contributed by atoms with Gasteiger partial charge in [0.05, 0.1) is 5.69 Å². The predicted molar refractivity (Wildman–Crippen MR) is 81.2 cm³/mol. The monoisotopic (exact) mass is 285 g/mol. The third kappa shape index (κ3) is 1.88. The maximum absolute atomic E-state index is 12.7. The summed E-state index contributed by atoms with van der Waals surface area (Å²) >= 11 is 1.56. The standard InChI is InChI=1S/C16H15NO2S/c1-16(11-7-9-12(18)10-8-11)15(19)17(2)13-5-3-4-6-14(13)20-16/h3-10,18H,1-2H3. The van der Waals surface area contributed by atoms with Gasteiger partial charge in [-0.2, -0.15) is 0 Å². The Balaban J connectivity index is 2.11. The van der Waals surface area contributed by atoms with Crippen molar-refractivity contribution in [2.24, 2.45) is 0 Å².